The number of nitrogens with two attached hydrogens (primary N) is 1. The van der Waals surface area contributed by atoms with E-state index in [1.165, 1.54) is 0 Å². The summed E-state index contributed by atoms with van der Waals surface area (Å²) in [7, 11) is 4.03. The van der Waals surface area contributed by atoms with Crippen molar-refractivity contribution in [2.75, 3.05) is 20.6 Å². The fourth-order valence-electron chi connectivity index (χ4n) is 1.11. The first-order valence-corrected chi connectivity index (χ1v) is 4.00. The molecular weight excluding hydrogens is 150 g/mol. The SMILES string of the molecule is CN(C)CC(N)c1ccncc1. The predicted molar refractivity (Wildman–Crippen MR) is 49.7 cm³/mol. The third-order valence-corrected chi connectivity index (χ3v) is 1.70. The minimum absolute atomic E-state index is 0.0861. The molecule has 0 spiro atoms. The van der Waals surface area contributed by atoms with Crippen LogP contribution >= 0.6 is 0 Å². The summed E-state index contributed by atoms with van der Waals surface area (Å²) in [4.78, 5) is 6.01. The van der Waals surface area contributed by atoms with Gasteiger partial charge >= 0.3 is 0 Å². The number of pyridine rings is 1. The van der Waals surface area contributed by atoms with Crippen molar-refractivity contribution < 1.29 is 0 Å². The normalized spacial score (nSPS) is 13.3. The van der Waals surface area contributed by atoms with Crippen LogP contribution in [0.4, 0.5) is 0 Å². The van der Waals surface area contributed by atoms with E-state index in [1.807, 2.05) is 26.2 Å². The van der Waals surface area contributed by atoms with Gasteiger partial charge in [0.15, 0.2) is 0 Å². The molecule has 1 heterocycles. The van der Waals surface area contributed by atoms with Crippen molar-refractivity contribution in [3.05, 3.63) is 30.1 Å². The Balaban J connectivity index is 2.59. The molecule has 1 aromatic heterocycles. The highest BCUT2D eigenvalue weighted by atomic mass is 15.1. The lowest BCUT2D eigenvalue weighted by Gasteiger charge is -2.16. The van der Waals surface area contributed by atoms with Crippen LogP contribution in [0.1, 0.15) is 11.6 Å². The zero-order valence-electron chi connectivity index (χ0n) is 7.57. The smallest absolute Gasteiger partial charge is 0.0425 e. The average molecular weight is 165 g/mol. The van der Waals surface area contributed by atoms with E-state index < -0.39 is 0 Å². The van der Waals surface area contributed by atoms with E-state index in [0.717, 1.165) is 12.1 Å². The summed E-state index contributed by atoms with van der Waals surface area (Å²) in [6.07, 6.45) is 3.54. The maximum absolute atomic E-state index is 5.93. The minimum atomic E-state index is 0.0861. The van der Waals surface area contributed by atoms with E-state index in [9.17, 15) is 0 Å². The summed E-state index contributed by atoms with van der Waals surface area (Å²) in [5.74, 6) is 0. The van der Waals surface area contributed by atoms with Gasteiger partial charge in [0, 0.05) is 25.0 Å². The van der Waals surface area contributed by atoms with Gasteiger partial charge in [-0.25, -0.2) is 0 Å². The molecule has 1 atom stereocenters. The maximum Gasteiger partial charge on any atom is 0.0425 e. The van der Waals surface area contributed by atoms with E-state index in [4.69, 9.17) is 5.73 Å². The molecule has 0 aromatic carbocycles. The molecule has 12 heavy (non-hydrogen) atoms. The molecule has 1 aromatic rings. The summed E-state index contributed by atoms with van der Waals surface area (Å²) >= 11 is 0. The summed E-state index contributed by atoms with van der Waals surface area (Å²) in [5.41, 5.74) is 7.06. The Morgan fingerprint density at radius 3 is 2.50 bits per heavy atom. The van der Waals surface area contributed by atoms with Crippen molar-refractivity contribution in [3.63, 3.8) is 0 Å². The van der Waals surface area contributed by atoms with Gasteiger partial charge in [-0.2, -0.15) is 0 Å². The second-order valence-corrected chi connectivity index (χ2v) is 3.15. The van der Waals surface area contributed by atoms with Crippen LogP contribution in [0.15, 0.2) is 24.5 Å². The van der Waals surface area contributed by atoms with Gasteiger partial charge < -0.3 is 10.6 Å². The summed E-state index contributed by atoms with van der Waals surface area (Å²) in [6.45, 7) is 0.865. The van der Waals surface area contributed by atoms with Gasteiger partial charge in [0.25, 0.3) is 0 Å². The molecule has 0 radical (unpaired) electrons. The molecule has 1 rings (SSSR count). The Morgan fingerprint density at radius 2 is 2.00 bits per heavy atom. The molecule has 0 aliphatic carbocycles. The van der Waals surface area contributed by atoms with Crippen molar-refractivity contribution in [1.82, 2.24) is 9.88 Å². The van der Waals surface area contributed by atoms with Crippen molar-refractivity contribution >= 4 is 0 Å². The second kappa shape index (κ2) is 4.18. The van der Waals surface area contributed by atoms with Crippen LogP contribution in [0, 0.1) is 0 Å². The number of rotatable bonds is 3. The van der Waals surface area contributed by atoms with Gasteiger partial charge in [-0.05, 0) is 31.8 Å². The molecular formula is C9H15N3. The predicted octanol–water partition coefficient (Wildman–Crippen LogP) is 0.643. The molecule has 0 bridgehead atoms. The molecule has 2 N–H and O–H groups in total. The first kappa shape index (κ1) is 9.16. The van der Waals surface area contributed by atoms with Gasteiger partial charge in [0.05, 0.1) is 0 Å². The summed E-state index contributed by atoms with van der Waals surface area (Å²) < 4.78 is 0. The number of hydrogen-bond donors (Lipinski definition) is 1. The van der Waals surface area contributed by atoms with Crippen LogP contribution in [0.25, 0.3) is 0 Å². The highest BCUT2D eigenvalue weighted by Gasteiger charge is 2.05. The molecule has 0 aliphatic rings. The molecule has 3 nitrogen and oxygen atoms in total. The van der Waals surface area contributed by atoms with Crippen molar-refractivity contribution in [1.29, 1.82) is 0 Å². The lowest BCUT2D eigenvalue weighted by Crippen LogP contribution is -2.25. The third-order valence-electron chi connectivity index (χ3n) is 1.70. The van der Waals surface area contributed by atoms with Gasteiger partial charge in [-0.3, -0.25) is 4.98 Å². The number of aromatic nitrogens is 1. The molecule has 0 amide bonds. The van der Waals surface area contributed by atoms with E-state index >= 15 is 0 Å². The molecule has 3 heteroatoms. The van der Waals surface area contributed by atoms with Gasteiger partial charge in [-0.15, -0.1) is 0 Å². The summed E-state index contributed by atoms with van der Waals surface area (Å²) in [5, 5.41) is 0. The first-order valence-electron chi connectivity index (χ1n) is 4.00. The molecule has 0 saturated heterocycles. The Kier molecular flexibility index (Phi) is 3.19. The standard InChI is InChI=1S/C9H15N3/c1-12(2)7-9(10)8-3-5-11-6-4-8/h3-6,9H,7,10H2,1-2H3. The number of nitrogens with zero attached hydrogens (tertiary/aromatic N) is 2. The van der Waals surface area contributed by atoms with E-state index in [-0.39, 0.29) is 6.04 Å². The van der Waals surface area contributed by atoms with Gasteiger partial charge in [-0.1, -0.05) is 0 Å². The molecule has 0 aliphatic heterocycles. The van der Waals surface area contributed by atoms with E-state index in [1.54, 1.807) is 12.4 Å². The quantitative estimate of drug-likeness (QED) is 0.714. The topological polar surface area (TPSA) is 42.1 Å². The minimum Gasteiger partial charge on any atom is -0.323 e. The maximum atomic E-state index is 5.93. The zero-order valence-corrected chi connectivity index (χ0v) is 7.57. The Hall–Kier alpha value is -0.930. The van der Waals surface area contributed by atoms with Crippen LogP contribution < -0.4 is 5.73 Å². The van der Waals surface area contributed by atoms with E-state index in [2.05, 4.69) is 9.88 Å². The van der Waals surface area contributed by atoms with Crippen molar-refractivity contribution in [2.45, 2.75) is 6.04 Å². The largest absolute Gasteiger partial charge is 0.323 e. The molecule has 66 valence electrons. The number of likely N-dealkylation sites (N-methyl/N-ethyl adjacent to an activating group) is 1. The molecule has 1 unspecified atom stereocenters. The van der Waals surface area contributed by atoms with Crippen LogP contribution in [0.3, 0.4) is 0 Å². The third kappa shape index (κ3) is 2.60. The van der Waals surface area contributed by atoms with Gasteiger partial charge in [0.2, 0.25) is 0 Å². The van der Waals surface area contributed by atoms with Crippen LogP contribution in [-0.4, -0.2) is 30.5 Å². The second-order valence-electron chi connectivity index (χ2n) is 3.15. The zero-order chi connectivity index (χ0) is 8.97. The number of hydrogen-bond acceptors (Lipinski definition) is 3. The van der Waals surface area contributed by atoms with Crippen LogP contribution in [0.5, 0.6) is 0 Å². The van der Waals surface area contributed by atoms with Crippen LogP contribution in [0.2, 0.25) is 0 Å². The fraction of sp³-hybridized carbons (Fsp3) is 0.444. The van der Waals surface area contributed by atoms with Crippen molar-refractivity contribution in [3.8, 4) is 0 Å². The lowest BCUT2D eigenvalue weighted by atomic mass is 10.1. The Bertz CT molecular complexity index is 220. The van der Waals surface area contributed by atoms with Crippen LogP contribution in [-0.2, 0) is 0 Å². The van der Waals surface area contributed by atoms with Crippen molar-refractivity contribution in [2.24, 2.45) is 5.73 Å². The Morgan fingerprint density at radius 1 is 1.42 bits per heavy atom. The highest BCUT2D eigenvalue weighted by molar-refractivity contribution is 5.14. The van der Waals surface area contributed by atoms with E-state index in [0.29, 0.717) is 0 Å². The highest BCUT2D eigenvalue weighted by Crippen LogP contribution is 2.08. The monoisotopic (exact) mass is 165 g/mol. The lowest BCUT2D eigenvalue weighted by molar-refractivity contribution is 0.376. The fourth-order valence-corrected chi connectivity index (χ4v) is 1.11. The molecule has 0 saturated carbocycles. The Labute approximate surface area is 73.2 Å². The average Bonchev–Trinajstić information content (AvgIpc) is 2.05. The summed E-state index contributed by atoms with van der Waals surface area (Å²) in [6, 6.07) is 3.99. The molecule has 0 fully saturated rings. The first-order chi connectivity index (χ1) is 5.70. The van der Waals surface area contributed by atoms with Gasteiger partial charge in [0.1, 0.15) is 0 Å².